The highest BCUT2D eigenvalue weighted by Gasteiger charge is 2.34. The van der Waals surface area contributed by atoms with Gasteiger partial charge in [-0.05, 0) is 42.0 Å². The minimum atomic E-state index is -3.74. The molecule has 7 heteroatoms. The summed E-state index contributed by atoms with van der Waals surface area (Å²) in [4.78, 5) is 0.226. The first kappa shape index (κ1) is 17.1. The highest BCUT2D eigenvalue weighted by atomic mass is 32.2. The molecule has 1 aliphatic heterocycles. The van der Waals surface area contributed by atoms with Crippen LogP contribution in [0, 0.1) is 17.1 Å². The Balaban J connectivity index is 1.68. The zero-order valence-electron chi connectivity index (χ0n) is 14.0. The fourth-order valence-electron chi connectivity index (χ4n) is 2.96. The van der Waals surface area contributed by atoms with Crippen molar-refractivity contribution in [1.29, 1.82) is 5.26 Å². The molecule has 3 aromatic rings. The summed E-state index contributed by atoms with van der Waals surface area (Å²) in [5.41, 5.74) is 1.33. The summed E-state index contributed by atoms with van der Waals surface area (Å²) >= 11 is 0. The topological polar surface area (TPSA) is 70.4 Å². The Bertz CT molecular complexity index is 1170. The van der Waals surface area contributed by atoms with Crippen molar-refractivity contribution < 1.29 is 17.5 Å². The summed E-state index contributed by atoms with van der Waals surface area (Å²) in [6.07, 6.45) is 0. The minimum absolute atomic E-state index is 0.137. The van der Waals surface area contributed by atoms with Crippen LogP contribution in [0.2, 0.25) is 0 Å². The molecular formula is C20H13FN2O3S. The highest BCUT2D eigenvalue weighted by Crippen LogP contribution is 2.37. The molecule has 0 N–H and O–H groups in total. The van der Waals surface area contributed by atoms with Crippen molar-refractivity contribution in [2.75, 3.05) is 4.31 Å². The quantitative estimate of drug-likeness (QED) is 0.683. The zero-order chi connectivity index (χ0) is 19.0. The van der Waals surface area contributed by atoms with Crippen LogP contribution in [0.15, 0.2) is 71.6 Å². The van der Waals surface area contributed by atoms with E-state index in [0.29, 0.717) is 16.9 Å². The number of hydrogen-bond acceptors (Lipinski definition) is 4. The number of benzene rings is 3. The average molecular weight is 380 g/mol. The van der Waals surface area contributed by atoms with Crippen molar-refractivity contribution in [3.8, 4) is 17.6 Å². The molecule has 0 unspecified atom stereocenters. The number of ether oxygens (including phenoxy) is 1. The molecule has 134 valence electrons. The molecule has 0 atom stereocenters. The fourth-order valence-corrected chi connectivity index (χ4v) is 4.60. The molecule has 1 aliphatic rings. The second-order valence-corrected chi connectivity index (χ2v) is 7.83. The van der Waals surface area contributed by atoms with Crippen molar-refractivity contribution in [2.45, 2.75) is 11.4 Å². The fraction of sp³-hybridized carbons (Fsp3) is 0.0500. The molecule has 0 aliphatic carbocycles. The van der Waals surface area contributed by atoms with E-state index in [1.165, 1.54) is 18.2 Å². The largest absolute Gasteiger partial charge is 0.457 e. The van der Waals surface area contributed by atoms with Crippen LogP contribution in [0.1, 0.15) is 11.1 Å². The number of anilines is 1. The van der Waals surface area contributed by atoms with Crippen molar-refractivity contribution >= 4 is 15.7 Å². The highest BCUT2D eigenvalue weighted by molar-refractivity contribution is 7.93. The van der Waals surface area contributed by atoms with Crippen molar-refractivity contribution in [1.82, 2.24) is 0 Å². The second kappa shape index (κ2) is 6.41. The molecule has 0 spiro atoms. The molecule has 27 heavy (non-hydrogen) atoms. The lowest BCUT2D eigenvalue weighted by molar-refractivity contribution is 0.477. The summed E-state index contributed by atoms with van der Waals surface area (Å²) in [7, 11) is -3.74. The monoisotopic (exact) mass is 380 g/mol. The maximum atomic E-state index is 14.1. The molecule has 5 nitrogen and oxygen atoms in total. The standard InChI is InChI=1S/C20H13FN2O3S/c21-16-9-17(23-13-15-3-1-2-4-20(15)27(23,24)25)11-19(10-16)26-18-7-5-14(12-22)6-8-18/h1-11H,13H2. The van der Waals surface area contributed by atoms with E-state index in [4.69, 9.17) is 10.00 Å². The Labute approximate surface area is 155 Å². The van der Waals surface area contributed by atoms with Gasteiger partial charge >= 0.3 is 0 Å². The molecule has 4 rings (SSSR count). The van der Waals surface area contributed by atoms with Crippen molar-refractivity contribution in [3.05, 3.63) is 83.7 Å². The van der Waals surface area contributed by atoms with E-state index in [1.807, 2.05) is 6.07 Å². The molecule has 3 aromatic carbocycles. The summed E-state index contributed by atoms with van der Waals surface area (Å²) < 4.78 is 46.5. The van der Waals surface area contributed by atoms with Gasteiger partial charge in [-0.15, -0.1) is 0 Å². The Morgan fingerprint density at radius 1 is 1.00 bits per heavy atom. The van der Waals surface area contributed by atoms with Crippen molar-refractivity contribution in [3.63, 3.8) is 0 Å². The van der Waals surface area contributed by atoms with Gasteiger partial charge in [0.25, 0.3) is 10.0 Å². The predicted octanol–water partition coefficient (Wildman–Crippen LogP) is 4.20. The van der Waals surface area contributed by atoms with Gasteiger partial charge in [0.1, 0.15) is 17.3 Å². The van der Waals surface area contributed by atoms with Gasteiger partial charge in [0.2, 0.25) is 0 Å². The molecule has 0 saturated heterocycles. The number of rotatable bonds is 3. The third kappa shape index (κ3) is 3.11. The Hall–Kier alpha value is -3.37. The van der Waals surface area contributed by atoms with Gasteiger partial charge in [0.15, 0.2) is 0 Å². The Morgan fingerprint density at radius 3 is 2.44 bits per heavy atom. The number of fused-ring (bicyclic) bond motifs is 1. The van der Waals surface area contributed by atoms with Crippen LogP contribution < -0.4 is 9.04 Å². The molecular weight excluding hydrogens is 367 g/mol. The van der Waals surface area contributed by atoms with Gasteiger partial charge in [-0.2, -0.15) is 5.26 Å². The lowest BCUT2D eigenvalue weighted by Crippen LogP contribution is -2.23. The first-order chi connectivity index (χ1) is 13.0. The third-order valence-electron chi connectivity index (χ3n) is 4.22. The van der Waals surface area contributed by atoms with Crippen LogP contribution in [-0.2, 0) is 16.6 Å². The van der Waals surface area contributed by atoms with Gasteiger partial charge < -0.3 is 4.74 Å². The molecule has 0 bridgehead atoms. The van der Waals surface area contributed by atoms with Gasteiger partial charge in [-0.1, -0.05) is 18.2 Å². The van der Waals surface area contributed by atoms with Crippen LogP contribution in [0.25, 0.3) is 0 Å². The number of halogens is 1. The molecule has 0 fully saturated rings. The summed E-state index contributed by atoms with van der Waals surface area (Å²) in [5, 5.41) is 8.83. The summed E-state index contributed by atoms with van der Waals surface area (Å²) in [5.74, 6) is -0.0266. The van der Waals surface area contributed by atoms with Crippen LogP contribution in [-0.4, -0.2) is 8.42 Å². The maximum absolute atomic E-state index is 14.1. The molecule has 1 heterocycles. The SMILES string of the molecule is N#Cc1ccc(Oc2cc(F)cc(N3Cc4ccccc4S3(=O)=O)c2)cc1. The second-order valence-electron chi connectivity index (χ2n) is 6.00. The van der Waals surface area contributed by atoms with E-state index in [9.17, 15) is 12.8 Å². The maximum Gasteiger partial charge on any atom is 0.264 e. The summed E-state index contributed by atoms with van der Waals surface area (Å²) in [6.45, 7) is 0.137. The average Bonchev–Trinajstić information content (AvgIpc) is 2.93. The number of hydrogen-bond donors (Lipinski definition) is 0. The normalized spacial score (nSPS) is 14.4. The van der Waals surface area contributed by atoms with E-state index >= 15 is 0 Å². The van der Waals surface area contributed by atoms with E-state index in [0.717, 1.165) is 10.4 Å². The van der Waals surface area contributed by atoms with Crippen LogP contribution in [0.5, 0.6) is 11.5 Å². The first-order valence-electron chi connectivity index (χ1n) is 8.07. The van der Waals surface area contributed by atoms with Gasteiger partial charge in [0.05, 0.1) is 28.8 Å². The van der Waals surface area contributed by atoms with Crippen LogP contribution >= 0.6 is 0 Å². The van der Waals surface area contributed by atoms with E-state index in [2.05, 4.69) is 0 Å². The number of nitrogens with zero attached hydrogens (tertiary/aromatic N) is 2. The Kier molecular flexibility index (Phi) is 4.05. The van der Waals surface area contributed by atoms with Gasteiger partial charge in [-0.3, -0.25) is 4.31 Å². The van der Waals surface area contributed by atoms with Crippen LogP contribution in [0.4, 0.5) is 10.1 Å². The Morgan fingerprint density at radius 2 is 1.74 bits per heavy atom. The zero-order valence-corrected chi connectivity index (χ0v) is 14.8. The lowest BCUT2D eigenvalue weighted by atomic mass is 10.2. The van der Waals surface area contributed by atoms with E-state index in [-0.39, 0.29) is 22.9 Å². The number of sulfonamides is 1. The van der Waals surface area contributed by atoms with E-state index in [1.54, 1.807) is 42.5 Å². The van der Waals surface area contributed by atoms with E-state index < -0.39 is 15.8 Å². The first-order valence-corrected chi connectivity index (χ1v) is 9.51. The summed E-state index contributed by atoms with van der Waals surface area (Å²) in [6, 6.07) is 18.9. The molecule has 0 radical (unpaired) electrons. The minimum Gasteiger partial charge on any atom is -0.457 e. The van der Waals surface area contributed by atoms with Crippen LogP contribution in [0.3, 0.4) is 0 Å². The van der Waals surface area contributed by atoms with Crippen molar-refractivity contribution in [2.24, 2.45) is 0 Å². The number of nitriles is 1. The third-order valence-corrected chi connectivity index (χ3v) is 6.09. The smallest absolute Gasteiger partial charge is 0.264 e. The predicted molar refractivity (Wildman–Crippen MR) is 97.4 cm³/mol. The molecule has 0 amide bonds. The van der Waals surface area contributed by atoms with Gasteiger partial charge in [-0.25, -0.2) is 12.8 Å². The lowest BCUT2D eigenvalue weighted by Gasteiger charge is -2.18. The molecule has 0 aromatic heterocycles. The molecule has 0 saturated carbocycles. The van der Waals surface area contributed by atoms with Gasteiger partial charge in [0, 0.05) is 12.1 Å².